The monoisotopic (exact) mass is 328 g/mol. The molecule has 0 radical (unpaired) electrons. The van der Waals surface area contributed by atoms with E-state index in [1.54, 1.807) is 13.2 Å². The van der Waals surface area contributed by atoms with Gasteiger partial charge in [0.25, 0.3) is 0 Å². The van der Waals surface area contributed by atoms with Gasteiger partial charge in [0.2, 0.25) is 5.78 Å². The molecule has 0 amide bonds. The number of methoxy groups -OCH3 is 1. The first-order valence-electron chi connectivity index (χ1n) is 7.43. The van der Waals surface area contributed by atoms with Crippen LogP contribution < -0.4 is 4.90 Å². The molecule has 1 aromatic carbocycles. The Labute approximate surface area is 137 Å². The highest BCUT2D eigenvalue weighted by molar-refractivity contribution is 7.14. The number of thiophene rings is 1. The SMILES string of the molecule is COCc1ccc(N2CCC3(O)C(=O)c4ccsc4N=C23)cc1. The molecule has 1 N–H and O–H groups in total. The lowest BCUT2D eigenvalue weighted by Gasteiger charge is -2.28. The Morgan fingerprint density at radius 2 is 2.13 bits per heavy atom. The third-order valence-electron chi connectivity index (χ3n) is 4.35. The zero-order valence-electron chi connectivity index (χ0n) is 12.7. The van der Waals surface area contributed by atoms with E-state index >= 15 is 0 Å². The number of aliphatic hydroxyl groups is 1. The van der Waals surface area contributed by atoms with Crippen molar-refractivity contribution in [1.29, 1.82) is 0 Å². The van der Waals surface area contributed by atoms with Gasteiger partial charge < -0.3 is 14.7 Å². The maximum absolute atomic E-state index is 12.6. The largest absolute Gasteiger partial charge is 0.380 e. The normalized spacial score (nSPS) is 22.8. The van der Waals surface area contributed by atoms with Crippen LogP contribution in [0.2, 0.25) is 0 Å². The average Bonchev–Trinajstić information content (AvgIpc) is 3.15. The van der Waals surface area contributed by atoms with Crippen LogP contribution >= 0.6 is 11.3 Å². The fourth-order valence-corrected chi connectivity index (χ4v) is 3.91. The van der Waals surface area contributed by atoms with Gasteiger partial charge in [0.15, 0.2) is 11.4 Å². The van der Waals surface area contributed by atoms with E-state index in [9.17, 15) is 9.90 Å². The fraction of sp³-hybridized carbons (Fsp3) is 0.294. The molecule has 2 aliphatic heterocycles. The highest BCUT2D eigenvalue weighted by atomic mass is 32.1. The molecular formula is C17H16N2O3S. The number of Topliss-reactive ketones (excluding diaryl/α,β-unsaturated/α-hetero) is 1. The summed E-state index contributed by atoms with van der Waals surface area (Å²) < 4.78 is 5.12. The highest BCUT2D eigenvalue weighted by Crippen LogP contribution is 2.41. The van der Waals surface area contributed by atoms with Crippen LogP contribution in [-0.4, -0.2) is 36.0 Å². The van der Waals surface area contributed by atoms with E-state index in [-0.39, 0.29) is 5.78 Å². The number of nitrogens with zero attached hydrogens (tertiary/aromatic N) is 2. The van der Waals surface area contributed by atoms with Crippen LogP contribution in [0.4, 0.5) is 10.7 Å². The molecule has 4 rings (SSSR count). The number of aliphatic imine (C=N–C) groups is 1. The number of ketones is 1. The highest BCUT2D eigenvalue weighted by Gasteiger charge is 2.52. The van der Waals surface area contributed by atoms with Crippen molar-refractivity contribution in [1.82, 2.24) is 0 Å². The zero-order valence-corrected chi connectivity index (χ0v) is 13.5. The number of carbonyl (C=O) groups excluding carboxylic acids is 1. The van der Waals surface area contributed by atoms with E-state index in [0.29, 0.717) is 36.0 Å². The second-order valence-electron chi connectivity index (χ2n) is 5.77. The Balaban J connectivity index is 1.73. The number of hydrogen-bond donors (Lipinski definition) is 1. The molecule has 1 unspecified atom stereocenters. The van der Waals surface area contributed by atoms with Gasteiger partial charge in [-0.2, -0.15) is 0 Å². The lowest BCUT2D eigenvalue weighted by molar-refractivity contribution is 0.0603. The van der Waals surface area contributed by atoms with E-state index < -0.39 is 5.60 Å². The van der Waals surface area contributed by atoms with Crippen LogP contribution in [0, 0.1) is 0 Å². The van der Waals surface area contributed by atoms with Crippen molar-refractivity contribution in [2.45, 2.75) is 18.6 Å². The molecule has 1 saturated heterocycles. The second kappa shape index (κ2) is 5.26. The maximum Gasteiger partial charge on any atom is 0.205 e. The Morgan fingerprint density at radius 3 is 2.87 bits per heavy atom. The third kappa shape index (κ3) is 2.14. The molecule has 0 aliphatic carbocycles. The lowest BCUT2D eigenvalue weighted by Crippen LogP contribution is -2.48. The van der Waals surface area contributed by atoms with Crippen LogP contribution in [0.5, 0.6) is 0 Å². The lowest BCUT2D eigenvalue weighted by atomic mass is 9.90. The van der Waals surface area contributed by atoms with Crippen molar-refractivity contribution in [2.75, 3.05) is 18.6 Å². The van der Waals surface area contributed by atoms with Crippen molar-refractivity contribution in [3.8, 4) is 0 Å². The second-order valence-corrected chi connectivity index (χ2v) is 6.66. The van der Waals surface area contributed by atoms with Crippen LogP contribution in [0.15, 0.2) is 40.7 Å². The van der Waals surface area contributed by atoms with Gasteiger partial charge in [-0.25, -0.2) is 4.99 Å². The first-order valence-corrected chi connectivity index (χ1v) is 8.31. The van der Waals surface area contributed by atoms with Gasteiger partial charge >= 0.3 is 0 Å². The molecule has 1 atom stereocenters. The summed E-state index contributed by atoms with van der Waals surface area (Å²) in [4.78, 5) is 19.1. The Hall–Kier alpha value is -2.02. The maximum atomic E-state index is 12.6. The number of rotatable bonds is 3. The molecule has 5 nitrogen and oxygen atoms in total. The summed E-state index contributed by atoms with van der Waals surface area (Å²) in [7, 11) is 1.66. The predicted molar refractivity (Wildman–Crippen MR) is 89.8 cm³/mol. The van der Waals surface area contributed by atoms with Crippen molar-refractivity contribution in [3.63, 3.8) is 0 Å². The van der Waals surface area contributed by atoms with Crippen LogP contribution in [0.3, 0.4) is 0 Å². The Bertz CT molecular complexity index is 796. The molecule has 0 spiro atoms. The predicted octanol–water partition coefficient (Wildman–Crippen LogP) is 2.76. The summed E-state index contributed by atoms with van der Waals surface area (Å²) in [6.07, 6.45) is 0.361. The number of hydrogen-bond acceptors (Lipinski definition) is 6. The summed E-state index contributed by atoms with van der Waals surface area (Å²) in [5.74, 6) is 0.203. The minimum absolute atomic E-state index is 0.239. The number of ether oxygens (including phenoxy) is 1. The number of carbonyl (C=O) groups is 1. The minimum atomic E-state index is -1.50. The van der Waals surface area contributed by atoms with Crippen molar-refractivity contribution < 1.29 is 14.6 Å². The molecular weight excluding hydrogens is 312 g/mol. The van der Waals surface area contributed by atoms with E-state index in [1.807, 2.05) is 34.5 Å². The van der Waals surface area contributed by atoms with E-state index in [4.69, 9.17) is 4.74 Å². The molecule has 2 aliphatic rings. The first-order chi connectivity index (χ1) is 11.1. The molecule has 118 valence electrons. The quantitative estimate of drug-likeness (QED) is 0.941. The van der Waals surface area contributed by atoms with Crippen molar-refractivity contribution in [3.05, 3.63) is 46.8 Å². The fourth-order valence-electron chi connectivity index (χ4n) is 3.15. The molecule has 0 saturated carbocycles. The van der Waals surface area contributed by atoms with Crippen molar-refractivity contribution >= 4 is 33.6 Å². The van der Waals surface area contributed by atoms with Crippen LogP contribution in [0.25, 0.3) is 0 Å². The number of benzene rings is 1. The van der Waals surface area contributed by atoms with Gasteiger partial charge in [0, 0.05) is 25.8 Å². The number of amidine groups is 1. The third-order valence-corrected chi connectivity index (χ3v) is 5.16. The van der Waals surface area contributed by atoms with Crippen LogP contribution in [0.1, 0.15) is 22.3 Å². The summed E-state index contributed by atoms with van der Waals surface area (Å²) >= 11 is 1.42. The smallest absolute Gasteiger partial charge is 0.205 e. The van der Waals surface area contributed by atoms with Crippen molar-refractivity contribution in [2.24, 2.45) is 4.99 Å². The summed E-state index contributed by atoms with van der Waals surface area (Å²) in [5, 5.41) is 13.4. The Morgan fingerprint density at radius 1 is 1.35 bits per heavy atom. The average molecular weight is 328 g/mol. The Kier molecular flexibility index (Phi) is 3.33. The van der Waals surface area contributed by atoms with Gasteiger partial charge in [-0.15, -0.1) is 11.3 Å². The number of fused-ring (bicyclic) bond motifs is 2. The van der Waals surface area contributed by atoms with Gasteiger partial charge in [0.1, 0.15) is 5.00 Å². The minimum Gasteiger partial charge on any atom is -0.380 e. The van der Waals surface area contributed by atoms with Gasteiger partial charge in [0.05, 0.1) is 12.2 Å². The van der Waals surface area contributed by atoms with E-state index in [0.717, 1.165) is 11.3 Å². The summed E-state index contributed by atoms with van der Waals surface area (Å²) in [6, 6.07) is 9.65. The van der Waals surface area contributed by atoms with E-state index in [1.165, 1.54) is 11.3 Å². The molecule has 6 heteroatoms. The molecule has 2 aromatic rings. The van der Waals surface area contributed by atoms with Gasteiger partial charge in [-0.3, -0.25) is 4.79 Å². The molecule has 23 heavy (non-hydrogen) atoms. The first kappa shape index (κ1) is 14.6. The number of anilines is 1. The summed E-state index contributed by atoms with van der Waals surface area (Å²) in [5.41, 5.74) is 1.03. The summed E-state index contributed by atoms with van der Waals surface area (Å²) in [6.45, 7) is 1.13. The van der Waals surface area contributed by atoms with Crippen LogP contribution in [-0.2, 0) is 11.3 Å². The molecule has 1 fully saturated rings. The van der Waals surface area contributed by atoms with Gasteiger partial charge in [-0.05, 0) is 29.1 Å². The molecule has 3 heterocycles. The topological polar surface area (TPSA) is 62.1 Å². The molecule has 0 bridgehead atoms. The molecule has 1 aromatic heterocycles. The van der Waals surface area contributed by atoms with Gasteiger partial charge in [-0.1, -0.05) is 12.1 Å². The standard InChI is InChI=1S/C17H16N2O3S/c1-22-10-11-2-4-12(5-3-11)19-8-7-17(21)14(20)13-6-9-23-15(13)18-16(17)19/h2-6,9,21H,7-8,10H2,1H3. The zero-order chi connectivity index (χ0) is 16.0. The van der Waals surface area contributed by atoms with E-state index in [2.05, 4.69) is 4.99 Å².